The number of morpholine rings is 1. The van der Waals surface area contributed by atoms with E-state index in [0.717, 1.165) is 69.4 Å². The zero-order chi connectivity index (χ0) is 25.6. The molecule has 190 valence electrons. The van der Waals surface area contributed by atoms with Gasteiger partial charge in [0, 0.05) is 62.1 Å². The summed E-state index contributed by atoms with van der Waals surface area (Å²) in [4.78, 5) is 25.4. The number of nitriles is 1. The second-order valence-corrected chi connectivity index (χ2v) is 9.17. The smallest absolute Gasteiger partial charge is 0.252 e. The van der Waals surface area contributed by atoms with Crippen molar-refractivity contribution >= 4 is 34.6 Å². The molecule has 2 aromatic heterocycles. The van der Waals surface area contributed by atoms with Crippen LogP contribution < -0.4 is 26.2 Å². The van der Waals surface area contributed by atoms with Crippen molar-refractivity contribution in [3.05, 3.63) is 66.0 Å². The van der Waals surface area contributed by atoms with Gasteiger partial charge in [0.05, 0.1) is 30.0 Å². The molecule has 2 fully saturated rings. The van der Waals surface area contributed by atoms with Crippen molar-refractivity contribution in [2.24, 2.45) is 5.73 Å². The fraction of sp³-hybridized carbons (Fsp3) is 0.333. The summed E-state index contributed by atoms with van der Waals surface area (Å²) in [5.74, 6) is 0.979. The van der Waals surface area contributed by atoms with Gasteiger partial charge in [-0.2, -0.15) is 5.26 Å². The fourth-order valence-corrected chi connectivity index (χ4v) is 4.68. The molecular formula is C27H30N8O2. The SMILES string of the molecule is N#Cc1ccc(N2CCC(Nc3cc(Nc4ccc(N5CCOCC5)cc4)ncc3C(N)=O)CC2)nc1. The summed E-state index contributed by atoms with van der Waals surface area (Å²) in [6.07, 6.45) is 4.85. The number of amides is 1. The number of primary amides is 1. The summed E-state index contributed by atoms with van der Waals surface area (Å²) in [6, 6.07) is 16.0. The highest BCUT2D eigenvalue weighted by Gasteiger charge is 2.22. The minimum absolute atomic E-state index is 0.177. The molecule has 4 N–H and O–H groups in total. The Balaban J connectivity index is 1.23. The first-order valence-electron chi connectivity index (χ1n) is 12.5. The van der Waals surface area contributed by atoms with E-state index in [2.05, 4.69) is 48.6 Å². The Morgan fingerprint density at radius 3 is 2.41 bits per heavy atom. The average molecular weight is 499 g/mol. The van der Waals surface area contributed by atoms with Gasteiger partial charge in [0.15, 0.2) is 0 Å². The molecule has 0 spiro atoms. The van der Waals surface area contributed by atoms with Crippen LogP contribution >= 0.6 is 0 Å². The van der Waals surface area contributed by atoms with Crippen molar-refractivity contribution in [1.82, 2.24) is 9.97 Å². The maximum atomic E-state index is 12.1. The third-order valence-electron chi connectivity index (χ3n) is 6.74. The molecule has 2 aliphatic heterocycles. The van der Waals surface area contributed by atoms with Gasteiger partial charge in [0.2, 0.25) is 0 Å². The number of hydrogen-bond donors (Lipinski definition) is 3. The van der Waals surface area contributed by atoms with Crippen LogP contribution in [0, 0.1) is 11.3 Å². The third kappa shape index (κ3) is 5.90. The maximum absolute atomic E-state index is 12.1. The van der Waals surface area contributed by atoms with Crippen molar-refractivity contribution in [1.29, 1.82) is 5.26 Å². The number of benzene rings is 1. The van der Waals surface area contributed by atoms with Crippen LogP contribution in [0.3, 0.4) is 0 Å². The zero-order valence-corrected chi connectivity index (χ0v) is 20.6. The number of nitrogens with zero attached hydrogens (tertiary/aromatic N) is 5. The van der Waals surface area contributed by atoms with Gasteiger partial charge >= 0.3 is 0 Å². The van der Waals surface area contributed by atoms with Crippen molar-refractivity contribution in [3.8, 4) is 6.07 Å². The van der Waals surface area contributed by atoms with Gasteiger partial charge in [0.25, 0.3) is 5.91 Å². The lowest BCUT2D eigenvalue weighted by atomic mass is 10.0. The van der Waals surface area contributed by atoms with Gasteiger partial charge in [0.1, 0.15) is 17.7 Å². The summed E-state index contributed by atoms with van der Waals surface area (Å²) in [7, 11) is 0. The van der Waals surface area contributed by atoms with Gasteiger partial charge in [-0.25, -0.2) is 9.97 Å². The summed E-state index contributed by atoms with van der Waals surface area (Å²) < 4.78 is 5.43. The number of ether oxygens (including phenoxy) is 1. The lowest BCUT2D eigenvalue weighted by molar-refractivity contribution is 0.100. The van der Waals surface area contributed by atoms with E-state index in [1.54, 1.807) is 12.3 Å². The first kappa shape index (κ1) is 24.3. The zero-order valence-electron chi connectivity index (χ0n) is 20.6. The minimum Gasteiger partial charge on any atom is -0.381 e. The van der Waals surface area contributed by atoms with E-state index in [-0.39, 0.29) is 6.04 Å². The molecule has 0 radical (unpaired) electrons. The number of nitrogens with two attached hydrogens (primary N) is 1. The van der Waals surface area contributed by atoms with E-state index in [1.165, 1.54) is 6.20 Å². The quantitative estimate of drug-likeness (QED) is 0.449. The molecule has 10 heteroatoms. The van der Waals surface area contributed by atoms with Crippen LogP contribution in [0.25, 0.3) is 0 Å². The normalized spacial score (nSPS) is 16.2. The third-order valence-corrected chi connectivity index (χ3v) is 6.74. The average Bonchev–Trinajstić information content (AvgIpc) is 2.94. The Kier molecular flexibility index (Phi) is 7.33. The number of anilines is 5. The summed E-state index contributed by atoms with van der Waals surface area (Å²) >= 11 is 0. The van der Waals surface area contributed by atoms with Crippen molar-refractivity contribution < 1.29 is 9.53 Å². The molecule has 5 rings (SSSR count). The molecule has 0 atom stereocenters. The van der Waals surface area contributed by atoms with Gasteiger partial charge < -0.3 is 30.9 Å². The van der Waals surface area contributed by atoms with Gasteiger partial charge in [-0.1, -0.05) is 0 Å². The van der Waals surface area contributed by atoms with Crippen molar-refractivity contribution in [2.45, 2.75) is 18.9 Å². The fourth-order valence-electron chi connectivity index (χ4n) is 4.68. The number of carbonyl (C=O) groups excluding carboxylic acids is 1. The van der Waals surface area contributed by atoms with Crippen LogP contribution in [0.4, 0.5) is 28.7 Å². The maximum Gasteiger partial charge on any atom is 0.252 e. The van der Waals surface area contributed by atoms with E-state index >= 15 is 0 Å². The minimum atomic E-state index is -0.518. The van der Waals surface area contributed by atoms with Crippen molar-refractivity contribution in [3.63, 3.8) is 0 Å². The highest BCUT2D eigenvalue weighted by atomic mass is 16.5. The molecule has 37 heavy (non-hydrogen) atoms. The summed E-state index contributed by atoms with van der Waals surface area (Å²) in [5, 5.41) is 15.8. The van der Waals surface area contributed by atoms with Gasteiger partial charge in [-0.15, -0.1) is 0 Å². The molecule has 0 saturated carbocycles. The van der Waals surface area contributed by atoms with Crippen LogP contribution in [-0.4, -0.2) is 61.3 Å². The number of rotatable bonds is 7. The number of carbonyl (C=O) groups is 1. The number of piperidine rings is 1. The Morgan fingerprint density at radius 1 is 1.00 bits per heavy atom. The molecule has 3 aromatic rings. The second kappa shape index (κ2) is 11.1. The number of nitrogens with one attached hydrogen (secondary N) is 2. The van der Waals surface area contributed by atoms with Gasteiger partial charge in [-0.05, 0) is 49.2 Å². The summed E-state index contributed by atoms with van der Waals surface area (Å²) in [6.45, 7) is 4.90. The highest BCUT2D eigenvalue weighted by molar-refractivity contribution is 5.98. The lowest BCUT2D eigenvalue weighted by Gasteiger charge is -2.34. The van der Waals surface area contributed by atoms with Crippen LogP contribution in [0.2, 0.25) is 0 Å². The molecule has 0 unspecified atom stereocenters. The molecule has 2 aliphatic rings. The highest BCUT2D eigenvalue weighted by Crippen LogP contribution is 2.27. The molecule has 10 nitrogen and oxygen atoms in total. The molecule has 1 aromatic carbocycles. The Hall–Kier alpha value is -4.36. The molecular weight excluding hydrogens is 468 g/mol. The number of aromatic nitrogens is 2. The van der Waals surface area contributed by atoms with E-state index in [4.69, 9.17) is 15.7 Å². The van der Waals surface area contributed by atoms with E-state index in [1.807, 2.05) is 24.3 Å². The van der Waals surface area contributed by atoms with Crippen LogP contribution in [0.5, 0.6) is 0 Å². The van der Waals surface area contributed by atoms with E-state index in [9.17, 15) is 4.79 Å². The van der Waals surface area contributed by atoms with E-state index in [0.29, 0.717) is 22.6 Å². The standard InChI is InChI=1S/C27H30N8O2/c28-16-19-1-6-26(31-17-19)35-9-7-21(8-10-35)32-24-15-25(30-18-23(24)27(29)36)33-20-2-4-22(5-3-20)34-11-13-37-14-12-34/h1-6,15,17-18,21H,7-14H2,(H2,29,36)(H2,30,32,33). The number of hydrogen-bond acceptors (Lipinski definition) is 9. The Labute approximate surface area is 216 Å². The molecule has 0 bridgehead atoms. The first-order chi connectivity index (χ1) is 18.1. The van der Waals surface area contributed by atoms with Crippen LogP contribution in [0.1, 0.15) is 28.8 Å². The Morgan fingerprint density at radius 2 is 1.76 bits per heavy atom. The van der Waals surface area contributed by atoms with Crippen LogP contribution in [0.15, 0.2) is 54.9 Å². The van der Waals surface area contributed by atoms with Crippen molar-refractivity contribution in [2.75, 3.05) is 59.8 Å². The molecule has 4 heterocycles. The Bertz CT molecular complexity index is 1260. The monoisotopic (exact) mass is 498 g/mol. The number of pyridine rings is 2. The molecule has 1 amide bonds. The molecule has 2 saturated heterocycles. The lowest BCUT2D eigenvalue weighted by Crippen LogP contribution is -2.39. The predicted molar refractivity (Wildman–Crippen MR) is 143 cm³/mol. The predicted octanol–water partition coefficient (Wildman–Crippen LogP) is 3.11. The second-order valence-electron chi connectivity index (χ2n) is 9.17. The van der Waals surface area contributed by atoms with E-state index < -0.39 is 5.91 Å². The largest absolute Gasteiger partial charge is 0.381 e. The first-order valence-corrected chi connectivity index (χ1v) is 12.5. The summed E-state index contributed by atoms with van der Waals surface area (Å²) in [5.41, 5.74) is 9.30. The van der Waals surface area contributed by atoms with Gasteiger partial charge in [-0.3, -0.25) is 4.79 Å². The molecule has 0 aliphatic carbocycles. The topological polar surface area (TPSA) is 132 Å². The van der Waals surface area contributed by atoms with Crippen LogP contribution in [-0.2, 0) is 4.74 Å².